The van der Waals surface area contributed by atoms with Crippen molar-refractivity contribution in [2.75, 3.05) is 0 Å². The molecule has 4 nitrogen and oxygen atoms in total. The van der Waals surface area contributed by atoms with E-state index in [1.54, 1.807) is 0 Å². The molecule has 0 aromatic heterocycles. The zero-order valence-electron chi connectivity index (χ0n) is 10.9. The second kappa shape index (κ2) is 5.56. The molecule has 1 aliphatic rings. The Kier molecular flexibility index (Phi) is 4.23. The van der Waals surface area contributed by atoms with Crippen molar-refractivity contribution in [2.24, 2.45) is 11.7 Å². The van der Waals surface area contributed by atoms with Crippen LogP contribution in [0, 0.1) is 11.7 Å². The Morgan fingerprint density at radius 1 is 1.42 bits per heavy atom. The highest BCUT2D eigenvalue weighted by Crippen LogP contribution is 2.27. The topological polar surface area (TPSA) is 72.2 Å². The summed E-state index contributed by atoms with van der Waals surface area (Å²) in [6.07, 6.45) is 2.80. The molecule has 106 valence electrons. The molecule has 2 rings (SSSR count). The van der Waals surface area contributed by atoms with Gasteiger partial charge in [-0.1, -0.05) is 19.4 Å². The predicted molar refractivity (Wildman–Crippen MR) is 71.4 cm³/mol. The van der Waals surface area contributed by atoms with Gasteiger partial charge < -0.3 is 5.73 Å². The smallest absolute Gasteiger partial charge is 0.243 e. The third-order valence-corrected chi connectivity index (χ3v) is 5.19. The fourth-order valence-corrected chi connectivity index (χ4v) is 3.97. The van der Waals surface area contributed by atoms with E-state index < -0.39 is 15.8 Å². The summed E-state index contributed by atoms with van der Waals surface area (Å²) in [7, 11) is -3.82. The molecule has 1 aromatic rings. The maximum absolute atomic E-state index is 13.7. The van der Waals surface area contributed by atoms with E-state index in [-0.39, 0.29) is 23.4 Å². The summed E-state index contributed by atoms with van der Waals surface area (Å²) in [5.74, 6) is -0.453. The van der Waals surface area contributed by atoms with Crippen LogP contribution in [0.2, 0.25) is 0 Å². The molecule has 1 aromatic carbocycles. The zero-order chi connectivity index (χ0) is 14.0. The van der Waals surface area contributed by atoms with Gasteiger partial charge in [-0.05, 0) is 36.5 Å². The van der Waals surface area contributed by atoms with Crippen molar-refractivity contribution in [3.63, 3.8) is 0 Å². The molecular weight excluding hydrogens is 267 g/mol. The summed E-state index contributed by atoms with van der Waals surface area (Å²) < 4.78 is 40.8. The van der Waals surface area contributed by atoms with Crippen LogP contribution in [0.1, 0.15) is 31.7 Å². The Hall–Kier alpha value is -0.980. The summed E-state index contributed by atoms with van der Waals surface area (Å²) in [6, 6.07) is 3.84. The van der Waals surface area contributed by atoms with Crippen LogP contribution in [0.5, 0.6) is 0 Å². The molecule has 2 atom stereocenters. The van der Waals surface area contributed by atoms with Crippen LogP contribution in [0.4, 0.5) is 4.39 Å². The maximum atomic E-state index is 13.7. The van der Waals surface area contributed by atoms with Gasteiger partial charge in [0.15, 0.2) is 0 Å². The number of hydrogen-bond acceptors (Lipinski definition) is 3. The van der Waals surface area contributed by atoms with Crippen LogP contribution >= 0.6 is 0 Å². The molecule has 0 amide bonds. The van der Waals surface area contributed by atoms with Crippen LogP contribution in [-0.2, 0) is 16.6 Å². The minimum Gasteiger partial charge on any atom is -0.326 e. The molecular formula is C13H19FN2O2S. The highest BCUT2D eigenvalue weighted by atomic mass is 32.2. The van der Waals surface area contributed by atoms with Crippen LogP contribution < -0.4 is 10.5 Å². The van der Waals surface area contributed by atoms with Gasteiger partial charge in [0, 0.05) is 12.6 Å². The number of hydrogen-bond donors (Lipinski definition) is 2. The van der Waals surface area contributed by atoms with Crippen molar-refractivity contribution in [2.45, 2.75) is 43.7 Å². The molecule has 2 unspecified atom stereocenters. The standard InChI is InChI=1S/C13H19FN2O2S/c1-9-3-2-4-12(9)16-19(17,18)13-7-10(8-15)5-6-11(13)14/h5-7,9,12,16H,2-4,8,15H2,1H3. The summed E-state index contributed by atoms with van der Waals surface area (Å²) >= 11 is 0. The van der Waals surface area contributed by atoms with Gasteiger partial charge in [-0.15, -0.1) is 0 Å². The minimum atomic E-state index is -3.82. The molecule has 1 saturated carbocycles. The minimum absolute atomic E-state index is 0.106. The average molecular weight is 286 g/mol. The van der Waals surface area contributed by atoms with Crippen LogP contribution in [0.15, 0.2) is 23.1 Å². The van der Waals surface area contributed by atoms with E-state index in [2.05, 4.69) is 4.72 Å². The predicted octanol–water partition coefficient (Wildman–Crippen LogP) is 1.75. The van der Waals surface area contributed by atoms with E-state index in [4.69, 9.17) is 5.73 Å². The number of nitrogens with one attached hydrogen (secondary N) is 1. The first-order chi connectivity index (χ1) is 8.94. The lowest BCUT2D eigenvalue weighted by molar-refractivity contribution is 0.473. The molecule has 3 N–H and O–H groups in total. The Bertz CT molecular complexity index is 560. The lowest BCUT2D eigenvalue weighted by Crippen LogP contribution is -2.36. The number of benzene rings is 1. The summed E-state index contributed by atoms with van der Waals surface area (Å²) in [5.41, 5.74) is 6.06. The lowest BCUT2D eigenvalue weighted by Gasteiger charge is -2.18. The first-order valence-electron chi connectivity index (χ1n) is 6.45. The van der Waals surface area contributed by atoms with Gasteiger partial charge in [-0.25, -0.2) is 17.5 Å². The molecule has 6 heteroatoms. The number of nitrogens with two attached hydrogens (primary N) is 1. The van der Waals surface area contributed by atoms with Gasteiger partial charge >= 0.3 is 0 Å². The third kappa shape index (κ3) is 3.13. The summed E-state index contributed by atoms with van der Waals surface area (Å²) in [4.78, 5) is -0.311. The highest BCUT2D eigenvalue weighted by Gasteiger charge is 2.29. The van der Waals surface area contributed by atoms with Crippen LogP contribution in [0.25, 0.3) is 0 Å². The van der Waals surface area contributed by atoms with E-state index in [1.807, 2.05) is 6.92 Å². The van der Waals surface area contributed by atoms with Gasteiger partial charge in [0.05, 0.1) is 0 Å². The first-order valence-corrected chi connectivity index (χ1v) is 7.93. The number of halogens is 1. The normalized spacial score (nSPS) is 23.7. The Morgan fingerprint density at radius 3 is 2.74 bits per heavy atom. The molecule has 19 heavy (non-hydrogen) atoms. The van der Waals surface area contributed by atoms with E-state index in [0.29, 0.717) is 5.56 Å². The van der Waals surface area contributed by atoms with Gasteiger partial charge in [-0.2, -0.15) is 0 Å². The fourth-order valence-electron chi connectivity index (χ4n) is 2.46. The lowest BCUT2D eigenvalue weighted by atomic mass is 10.1. The van der Waals surface area contributed by atoms with Crippen LogP contribution in [-0.4, -0.2) is 14.5 Å². The third-order valence-electron chi connectivity index (χ3n) is 3.69. The van der Waals surface area contributed by atoms with Crippen molar-refractivity contribution in [1.82, 2.24) is 4.72 Å². The summed E-state index contributed by atoms with van der Waals surface area (Å²) in [6.45, 7) is 2.19. The fraction of sp³-hybridized carbons (Fsp3) is 0.538. The molecule has 0 radical (unpaired) electrons. The van der Waals surface area contributed by atoms with Crippen molar-refractivity contribution < 1.29 is 12.8 Å². The van der Waals surface area contributed by atoms with Crippen molar-refractivity contribution in [3.05, 3.63) is 29.6 Å². The van der Waals surface area contributed by atoms with Gasteiger partial charge in [0.25, 0.3) is 0 Å². The first kappa shape index (κ1) is 14.4. The van der Waals surface area contributed by atoms with Gasteiger partial charge in [0.1, 0.15) is 10.7 Å². The number of sulfonamides is 1. The van der Waals surface area contributed by atoms with Crippen molar-refractivity contribution >= 4 is 10.0 Å². The second-order valence-electron chi connectivity index (χ2n) is 5.10. The maximum Gasteiger partial charge on any atom is 0.243 e. The summed E-state index contributed by atoms with van der Waals surface area (Å²) in [5, 5.41) is 0. The van der Waals surface area contributed by atoms with E-state index in [9.17, 15) is 12.8 Å². The van der Waals surface area contributed by atoms with Crippen molar-refractivity contribution in [3.8, 4) is 0 Å². The largest absolute Gasteiger partial charge is 0.326 e. The quantitative estimate of drug-likeness (QED) is 0.885. The molecule has 0 saturated heterocycles. The molecule has 0 heterocycles. The average Bonchev–Trinajstić information content (AvgIpc) is 2.75. The molecule has 1 aliphatic carbocycles. The SMILES string of the molecule is CC1CCCC1NS(=O)(=O)c1cc(CN)ccc1F. The van der Waals surface area contributed by atoms with E-state index in [0.717, 1.165) is 25.3 Å². The monoisotopic (exact) mass is 286 g/mol. The van der Waals surface area contributed by atoms with E-state index >= 15 is 0 Å². The van der Waals surface area contributed by atoms with Crippen LogP contribution in [0.3, 0.4) is 0 Å². The number of rotatable bonds is 4. The molecule has 0 spiro atoms. The van der Waals surface area contributed by atoms with Gasteiger partial charge in [-0.3, -0.25) is 0 Å². The Labute approximate surface area is 113 Å². The van der Waals surface area contributed by atoms with Crippen molar-refractivity contribution in [1.29, 1.82) is 0 Å². The Morgan fingerprint density at radius 2 is 2.16 bits per heavy atom. The zero-order valence-corrected chi connectivity index (χ0v) is 11.7. The molecule has 1 fully saturated rings. The highest BCUT2D eigenvalue weighted by molar-refractivity contribution is 7.89. The molecule has 0 bridgehead atoms. The second-order valence-corrected chi connectivity index (χ2v) is 6.79. The van der Waals surface area contributed by atoms with E-state index in [1.165, 1.54) is 12.1 Å². The Balaban J connectivity index is 2.28. The molecule has 0 aliphatic heterocycles. The van der Waals surface area contributed by atoms with Gasteiger partial charge in [0.2, 0.25) is 10.0 Å².